The Morgan fingerprint density at radius 1 is 1.38 bits per heavy atom. The highest BCUT2D eigenvalue weighted by atomic mass is 16.2. The number of amides is 1. The number of nitrogens with zero attached hydrogens (tertiary/aromatic N) is 4. The molecule has 7 heteroatoms. The van der Waals surface area contributed by atoms with Crippen molar-refractivity contribution in [3.05, 3.63) is 30.1 Å². The van der Waals surface area contributed by atoms with Crippen molar-refractivity contribution >= 4 is 22.9 Å². The highest BCUT2D eigenvalue weighted by molar-refractivity contribution is 5.80. The first-order chi connectivity index (χ1) is 12.6. The predicted molar refractivity (Wildman–Crippen MR) is 104 cm³/mol. The second-order valence-corrected chi connectivity index (χ2v) is 6.62. The molecule has 1 atom stereocenters. The number of aromatic nitrogens is 2. The van der Waals surface area contributed by atoms with Crippen molar-refractivity contribution in [2.24, 2.45) is 4.99 Å². The molecule has 0 aliphatic carbocycles. The number of hydrogen-bond acceptors (Lipinski definition) is 3. The minimum atomic E-state index is 0.222. The second kappa shape index (κ2) is 8.21. The van der Waals surface area contributed by atoms with Gasteiger partial charge in [-0.3, -0.25) is 9.79 Å². The van der Waals surface area contributed by atoms with Crippen LogP contribution in [0.1, 0.15) is 25.6 Å². The van der Waals surface area contributed by atoms with E-state index in [9.17, 15) is 4.79 Å². The number of para-hydroxylation sites is 2. The molecule has 26 heavy (non-hydrogen) atoms. The summed E-state index contributed by atoms with van der Waals surface area (Å²) in [6.45, 7) is 7.08. The summed E-state index contributed by atoms with van der Waals surface area (Å²) in [7, 11) is 1.77. The molecule has 140 valence electrons. The number of imidazole rings is 1. The number of aryl methyl sites for hydroxylation is 1. The summed E-state index contributed by atoms with van der Waals surface area (Å²) in [4.78, 5) is 22.6. The molecular formula is C19H28N6O. The molecule has 1 aliphatic heterocycles. The molecule has 2 N–H and O–H groups in total. The Labute approximate surface area is 154 Å². The molecule has 2 heterocycles. The minimum Gasteiger partial charge on any atom is -0.355 e. The molecule has 1 fully saturated rings. The van der Waals surface area contributed by atoms with Gasteiger partial charge in [-0.2, -0.15) is 0 Å². The number of likely N-dealkylation sites (tertiary alicyclic amines) is 1. The van der Waals surface area contributed by atoms with Crippen LogP contribution in [0.2, 0.25) is 0 Å². The standard InChI is InChI=1S/C19H28N6O/c1-4-18(26)24-11-9-15(13-24)23-19(20-3)21-10-12-25-14(2)22-16-7-5-6-8-17(16)25/h5-8,15H,4,9-13H2,1-3H3,(H2,20,21,23). The van der Waals surface area contributed by atoms with Crippen LogP contribution in [-0.2, 0) is 11.3 Å². The summed E-state index contributed by atoms with van der Waals surface area (Å²) in [6.07, 6.45) is 1.52. The van der Waals surface area contributed by atoms with Crippen LogP contribution in [0.15, 0.2) is 29.3 Å². The molecule has 2 aromatic rings. The fourth-order valence-electron chi connectivity index (χ4n) is 3.48. The predicted octanol–water partition coefficient (Wildman–Crippen LogP) is 1.52. The third-order valence-electron chi connectivity index (χ3n) is 4.88. The molecular weight excluding hydrogens is 328 g/mol. The number of nitrogens with one attached hydrogen (secondary N) is 2. The summed E-state index contributed by atoms with van der Waals surface area (Å²) >= 11 is 0. The molecule has 0 spiro atoms. The lowest BCUT2D eigenvalue weighted by molar-refractivity contribution is -0.129. The first-order valence-corrected chi connectivity index (χ1v) is 9.29. The summed E-state index contributed by atoms with van der Waals surface area (Å²) in [5.41, 5.74) is 2.18. The van der Waals surface area contributed by atoms with E-state index in [1.54, 1.807) is 7.05 Å². The maximum Gasteiger partial charge on any atom is 0.222 e. The number of aliphatic imine (C=N–C) groups is 1. The molecule has 0 bridgehead atoms. The molecule has 1 aromatic heterocycles. The van der Waals surface area contributed by atoms with E-state index in [1.165, 1.54) is 0 Å². The Kier molecular flexibility index (Phi) is 5.75. The molecule has 1 amide bonds. The van der Waals surface area contributed by atoms with Crippen molar-refractivity contribution < 1.29 is 4.79 Å². The smallest absolute Gasteiger partial charge is 0.222 e. The normalized spacial score (nSPS) is 17.7. The lowest BCUT2D eigenvalue weighted by atomic mass is 10.3. The first-order valence-electron chi connectivity index (χ1n) is 9.29. The fourth-order valence-corrected chi connectivity index (χ4v) is 3.48. The third kappa shape index (κ3) is 3.98. The van der Waals surface area contributed by atoms with E-state index in [-0.39, 0.29) is 11.9 Å². The number of fused-ring (bicyclic) bond motifs is 1. The zero-order valence-corrected chi connectivity index (χ0v) is 15.8. The van der Waals surface area contributed by atoms with E-state index in [1.807, 2.05) is 36.9 Å². The minimum absolute atomic E-state index is 0.222. The summed E-state index contributed by atoms with van der Waals surface area (Å²) in [5, 5.41) is 6.80. The number of rotatable bonds is 5. The van der Waals surface area contributed by atoms with Crippen LogP contribution in [0.25, 0.3) is 11.0 Å². The van der Waals surface area contributed by atoms with Gasteiger partial charge in [-0.15, -0.1) is 0 Å². The van der Waals surface area contributed by atoms with Gasteiger partial charge in [-0.1, -0.05) is 19.1 Å². The van der Waals surface area contributed by atoms with E-state index in [2.05, 4.69) is 31.2 Å². The van der Waals surface area contributed by atoms with Gasteiger partial charge in [-0.25, -0.2) is 4.98 Å². The number of benzene rings is 1. The first kappa shape index (κ1) is 18.2. The van der Waals surface area contributed by atoms with Crippen molar-refractivity contribution in [1.82, 2.24) is 25.1 Å². The lowest BCUT2D eigenvalue weighted by Crippen LogP contribution is -2.45. The van der Waals surface area contributed by atoms with Crippen molar-refractivity contribution in [3.8, 4) is 0 Å². The Hall–Kier alpha value is -2.57. The Morgan fingerprint density at radius 2 is 2.19 bits per heavy atom. The van der Waals surface area contributed by atoms with Crippen molar-refractivity contribution in [2.45, 2.75) is 39.3 Å². The van der Waals surface area contributed by atoms with Gasteiger partial charge in [0, 0.05) is 45.7 Å². The van der Waals surface area contributed by atoms with Gasteiger partial charge in [0.2, 0.25) is 5.91 Å². The second-order valence-electron chi connectivity index (χ2n) is 6.62. The zero-order valence-electron chi connectivity index (χ0n) is 15.8. The third-order valence-corrected chi connectivity index (χ3v) is 4.88. The van der Waals surface area contributed by atoms with E-state index in [0.717, 1.165) is 55.4 Å². The van der Waals surface area contributed by atoms with Gasteiger partial charge in [0.05, 0.1) is 11.0 Å². The van der Waals surface area contributed by atoms with Crippen LogP contribution < -0.4 is 10.6 Å². The van der Waals surface area contributed by atoms with Gasteiger partial charge in [0.15, 0.2) is 5.96 Å². The zero-order chi connectivity index (χ0) is 18.5. The van der Waals surface area contributed by atoms with E-state index >= 15 is 0 Å². The largest absolute Gasteiger partial charge is 0.355 e. The lowest BCUT2D eigenvalue weighted by Gasteiger charge is -2.19. The molecule has 1 aliphatic rings. The SMILES string of the molecule is CCC(=O)N1CCC(NC(=NC)NCCn2c(C)nc3ccccc32)C1. The van der Waals surface area contributed by atoms with Gasteiger partial charge >= 0.3 is 0 Å². The topological polar surface area (TPSA) is 74.6 Å². The van der Waals surface area contributed by atoms with Crippen molar-refractivity contribution in [1.29, 1.82) is 0 Å². The van der Waals surface area contributed by atoms with E-state index in [0.29, 0.717) is 6.42 Å². The van der Waals surface area contributed by atoms with Crippen molar-refractivity contribution in [3.63, 3.8) is 0 Å². The van der Waals surface area contributed by atoms with Crippen molar-refractivity contribution in [2.75, 3.05) is 26.7 Å². The molecule has 1 unspecified atom stereocenters. The van der Waals surface area contributed by atoms with Crippen LogP contribution in [0, 0.1) is 6.92 Å². The highest BCUT2D eigenvalue weighted by Crippen LogP contribution is 2.15. The van der Waals surface area contributed by atoms with Gasteiger partial charge in [-0.05, 0) is 25.5 Å². The number of carbonyl (C=O) groups excluding carboxylic acids is 1. The van der Waals surface area contributed by atoms with Gasteiger partial charge in [0.25, 0.3) is 0 Å². The number of hydrogen-bond donors (Lipinski definition) is 2. The summed E-state index contributed by atoms with van der Waals surface area (Å²) in [6, 6.07) is 8.44. The summed E-state index contributed by atoms with van der Waals surface area (Å²) < 4.78 is 2.22. The van der Waals surface area contributed by atoms with Gasteiger partial charge < -0.3 is 20.1 Å². The van der Waals surface area contributed by atoms with Crippen LogP contribution in [-0.4, -0.2) is 59.0 Å². The van der Waals surface area contributed by atoms with Crippen LogP contribution >= 0.6 is 0 Å². The van der Waals surface area contributed by atoms with Crippen LogP contribution in [0.3, 0.4) is 0 Å². The van der Waals surface area contributed by atoms with Crippen LogP contribution in [0.5, 0.6) is 0 Å². The summed E-state index contributed by atoms with van der Waals surface area (Å²) in [5.74, 6) is 2.02. The molecule has 1 saturated heterocycles. The quantitative estimate of drug-likeness (QED) is 0.629. The Bertz CT molecular complexity index is 796. The number of guanidine groups is 1. The molecule has 1 aromatic carbocycles. The fraction of sp³-hybridized carbons (Fsp3) is 0.526. The highest BCUT2D eigenvalue weighted by Gasteiger charge is 2.25. The molecule has 0 saturated carbocycles. The monoisotopic (exact) mass is 356 g/mol. The number of carbonyl (C=O) groups is 1. The maximum atomic E-state index is 11.8. The van der Waals surface area contributed by atoms with Gasteiger partial charge in [0.1, 0.15) is 5.82 Å². The van der Waals surface area contributed by atoms with Crippen LogP contribution in [0.4, 0.5) is 0 Å². The average Bonchev–Trinajstić information content (AvgIpc) is 3.24. The molecule has 7 nitrogen and oxygen atoms in total. The maximum absolute atomic E-state index is 11.8. The van der Waals surface area contributed by atoms with E-state index in [4.69, 9.17) is 0 Å². The molecule has 3 rings (SSSR count). The Morgan fingerprint density at radius 3 is 2.96 bits per heavy atom. The Balaban J connectivity index is 1.52. The molecule has 0 radical (unpaired) electrons. The average molecular weight is 356 g/mol. The van der Waals surface area contributed by atoms with E-state index < -0.39 is 0 Å².